The van der Waals surface area contributed by atoms with Crippen molar-refractivity contribution in [3.05, 3.63) is 40.4 Å². The first-order valence-corrected chi connectivity index (χ1v) is 18.6. The summed E-state index contributed by atoms with van der Waals surface area (Å²) in [6.07, 6.45) is 1.83. The highest BCUT2D eigenvalue weighted by Gasteiger charge is 2.60. The standard InChI is InChI=1S/C27H36N4O8S2Si/c1-7-10-37-27(36)30-9-8-16(11-17(30)12-38-25(28)35)18-13-40-26(29-18)41-22-14(2)20-19(15(3)39-42(4,5)6)23(32)31(20)21(22)24(33)34/h7-8,13-15,17,19-20H,1,9-12H2,2-6H3,(H2,28,35)(H,33,34)/t14-,15-,17+,19-,20-/m1/s1. The van der Waals surface area contributed by atoms with Gasteiger partial charge in [0.05, 0.1) is 29.8 Å². The molecule has 0 radical (unpaired) electrons. The molecule has 0 unspecified atom stereocenters. The van der Waals surface area contributed by atoms with Gasteiger partial charge in [0.1, 0.15) is 18.9 Å². The Hall–Kier alpha value is -3.14. The van der Waals surface area contributed by atoms with Gasteiger partial charge in [0.25, 0.3) is 0 Å². The van der Waals surface area contributed by atoms with E-state index in [-0.39, 0.29) is 49.4 Å². The Balaban J connectivity index is 1.52. The van der Waals surface area contributed by atoms with Crippen LogP contribution in [0.3, 0.4) is 0 Å². The highest BCUT2D eigenvalue weighted by molar-refractivity contribution is 8.04. The van der Waals surface area contributed by atoms with Crippen molar-refractivity contribution in [2.24, 2.45) is 17.6 Å². The van der Waals surface area contributed by atoms with Crippen LogP contribution in [0.2, 0.25) is 19.6 Å². The first-order chi connectivity index (χ1) is 19.7. The van der Waals surface area contributed by atoms with Crippen LogP contribution in [0.5, 0.6) is 0 Å². The number of amides is 3. The van der Waals surface area contributed by atoms with Crippen molar-refractivity contribution in [1.29, 1.82) is 0 Å². The van der Waals surface area contributed by atoms with Gasteiger partial charge in [0, 0.05) is 22.7 Å². The number of nitrogens with zero attached hydrogens (tertiary/aromatic N) is 3. The largest absolute Gasteiger partial charge is 0.477 e. The predicted octanol–water partition coefficient (Wildman–Crippen LogP) is 4.12. The second-order valence-electron chi connectivity index (χ2n) is 11.3. The van der Waals surface area contributed by atoms with E-state index < -0.39 is 38.4 Å². The number of β-lactam (4-membered cyclic amide) rings is 1. The molecule has 0 saturated carbocycles. The number of nitrogens with two attached hydrogens (primary N) is 1. The zero-order valence-corrected chi connectivity index (χ0v) is 26.8. The number of carbonyl (C=O) groups is 4. The number of aromatic nitrogens is 1. The van der Waals surface area contributed by atoms with E-state index >= 15 is 0 Å². The van der Waals surface area contributed by atoms with Gasteiger partial charge in [-0.15, -0.1) is 11.3 Å². The Morgan fingerprint density at radius 2 is 2.05 bits per heavy atom. The monoisotopic (exact) mass is 636 g/mol. The lowest BCUT2D eigenvalue weighted by Crippen LogP contribution is -2.64. The molecule has 1 aromatic rings. The van der Waals surface area contributed by atoms with Gasteiger partial charge in [-0.1, -0.05) is 37.4 Å². The van der Waals surface area contributed by atoms with Crippen LogP contribution in [0.25, 0.3) is 5.57 Å². The maximum Gasteiger partial charge on any atom is 0.410 e. The van der Waals surface area contributed by atoms with E-state index in [4.69, 9.17) is 24.6 Å². The van der Waals surface area contributed by atoms with Gasteiger partial charge in [0.2, 0.25) is 5.91 Å². The van der Waals surface area contributed by atoms with Crippen LogP contribution in [-0.4, -0.2) is 90.2 Å². The van der Waals surface area contributed by atoms with Crippen LogP contribution in [0.1, 0.15) is 26.0 Å². The van der Waals surface area contributed by atoms with Crippen LogP contribution >= 0.6 is 23.1 Å². The van der Waals surface area contributed by atoms with Crippen LogP contribution < -0.4 is 5.73 Å². The first kappa shape index (κ1) is 31.8. The molecule has 3 N–H and O–H groups in total. The smallest absolute Gasteiger partial charge is 0.410 e. The number of carboxylic acids is 1. The summed E-state index contributed by atoms with van der Waals surface area (Å²) in [6, 6.07) is -0.800. The van der Waals surface area contributed by atoms with E-state index in [0.717, 1.165) is 5.57 Å². The Morgan fingerprint density at radius 1 is 1.33 bits per heavy atom. The zero-order valence-electron chi connectivity index (χ0n) is 24.2. The molecule has 4 rings (SSSR count). The Morgan fingerprint density at radius 3 is 2.67 bits per heavy atom. The third-order valence-corrected chi connectivity index (χ3v) is 10.6. The SMILES string of the molecule is C=CCOC(=O)N1CC=C(c2csc(SC3=C(C(=O)O)N4C(=O)[C@H]([C@@H](C)O[Si](C)(C)C)[C@H]4[C@H]3C)n2)C[C@H]1COC(N)=O. The number of carboxylic acid groups (broad SMARTS) is 1. The van der Waals surface area contributed by atoms with Crippen molar-refractivity contribution in [2.75, 3.05) is 19.8 Å². The highest BCUT2D eigenvalue weighted by Crippen LogP contribution is 2.53. The van der Waals surface area contributed by atoms with Crippen molar-refractivity contribution in [2.45, 2.75) is 62.4 Å². The van der Waals surface area contributed by atoms with E-state index in [2.05, 4.69) is 26.2 Å². The van der Waals surface area contributed by atoms with E-state index in [0.29, 0.717) is 21.4 Å². The molecule has 3 amide bonds. The summed E-state index contributed by atoms with van der Waals surface area (Å²) in [5.41, 5.74) is 6.67. The zero-order chi connectivity index (χ0) is 30.9. The Labute approximate surface area is 253 Å². The van der Waals surface area contributed by atoms with Gasteiger partial charge >= 0.3 is 18.2 Å². The lowest BCUT2D eigenvalue weighted by atomic mass is 9.79. The molecule has 0 aliphatic carbocycles. The third kappa shape index (κ3) is 6.58. The molecule has 4 heterocycles. The van der Waals surface area contributed by atoms with Crippen molar-refractivity contribution < 1.29 is 38.2 Å². The van der Waals surface area contributed by atoms with Gasteiger partial charge in [-0.05, 0) is 38.6 Å². The molecule has 15 heteroatoms. The molecular weight excluding hydrogens is 601 g/mol. The molecule has 0 aromatic carbocycles. The fourth-order valence-corrected chi connectivity index (χ4v) is 8.97. The lowest BCUT2D eigenvalue weighted by molar-refractivity contribution is -0.162. The summed E-state index contributed by atoms with van der Waals surface area (Å²) in [5, 5.41) is 11.9. The quantitative estimate of drug-likeness (QED) is 0.205. The summed E-state index contributed by atoms with van der Waals surface area (Å²) < 4.78 is 17.0. The van der Waals surface area contributed by atoms with Crippen LogP contribution in [0, 0.1) is 11.8 Å². The van der Waals surface area contributed by atoms with E-state index in [1.165, 1.54) is 39.0 Å². The number of fused-ring (bicyclic) bond motifs is 1. The van der Waals surface area contributed by atoms with Crippen LogP contribution in [-0.2, 0) is 23.5 Å². The van der Waals surface area contributed by atoms with Crippen molar-refractivity contribution in [3.8, 4) is 0 Å². The normalized spacial score (nSPS) is 24.5. The van der Waals surface area contributed by atoms with Gasteiger partial charge < -0.3 is 29.6 Å². The van der Waals surface area contributed by atoms with Crippen molar-refractivity contribution in [3.63, 3.8) is 0 Å². The molecule has 228 valence electrons. The molecule has 0 spiro atoms. The van der Waals surface area contributed by atoms with Gasteiger partial charge in [-0.2, -0.15) is 0 Å². The minimum atomic E-state index is -1.91. The summed E-state index contributed by atoms with van der Waals surface area (Å²) >= 11 is 2.62. The van der Waals surface area contributed by atoms with Crippen LogP contribution in [0.15, 0.2) is 39.1 Å². The summed E-state index contributed by atoms with van der Waals surface area (Å²) in [6.45, 7) is 13.7. The topological polar surface area (TPSA) is 162 Å². The molecule has 3 aliphatic heterocycles. The summed E-state index contributed by atoms with van der Waals surface area (Å²) in [4.78, 5) is 57.5. The molecule has 5 atom stereocenters. The predicted molar refractivity (Wildman–Crippen MR) is 160 cm³/mol. The molecule has 0 bridgehead atoms. The number of hydrogen-bond donors (Lipinski definition) is 2. The van der Waals surface area contributed by atoms with E-state index in [1.54, 1.807) is 0 Å². The molecule has 42 heavy (non-hydrogen) atoms. The average molecular weight is 637 g/mol. The summed E-state index contributed by atoms with van der Waals surface area (Å²) in [7, 11) is -1.91. The average Bonchev–Trinajstić information content (AvgIpc) is 3.46. The lowest BCUT2D eigenvalue weighted by Gasteiger charge is -2.48. The second kappa shape index (κ2) is 12.6. The Bertz CT molecular complexity index is 1340. The minimum Gasteiger partial charge on any atom is -0.477 e. The molecule has 1 fully saturated rings. The first-order valence-electron chi connectivity index (χ1n) is 13.5. The maximum absolute atomic E-state index is 13.2. The molecule has 3 aliphatic rings. The number of thioether (sulfide) groups is 1. The number of aliphatic carboxylic acids is 1. The minimum absolute atomic E-state index is 0.00456. The van der Waals surface area contributed by atoms with Crippen LogP contribution in [0.4, 0.5) is 9.59 Å². The summed E-state index contributed by atoms with van der Waals surface area (Å²) in [5.74, 6) is -1.98. The van der Waals surface area contributed by atoms with Crippen molar-refractivity contribution >= 4 is 61.1 Å². The molecule has 1 saturated heterocycles. The fraction of sp³-hybridized carbons (Fsp3) is 0.519. The third-order valence-electron chi connectivity index (χ3n) is 7.25. The number of ether oxygens (including phenoxy) is 2. The highest BCUT2D eigenvalue weighted by atomic mass is 32.2. The maximum atomic E-state index is 13.2. The number of rotatable bonds is 11. The fourth-order valence-electron chi connectivity index (χ4n) is 5.60. The van der Waals surface area contributed by atoms with Gasteiger partial charge in [-0.25, -0.2) is 19.4 Å². The number of primary amides is 1. The Kier molecular flexibility index (Phi) is 9.54. The molecular formula is C27H36N4O8S2Si. The molecule has 12 nitrogen and oxygen atoms in total. The van der Waals surface area contributed by atoms with E-state index in [9.17, 15) is 24.3 Å². The second-order valence-corrected chi connectivity index (χ2v) is 17.9. The number of hydrogen-bond acceptors (Lipinski definition) is 10. The number of thiazole rings is 1. The van der Waals surface area contributed by atoms with Crippen molar-refractivity contribution in [1.82, 2.24) is 14.8 Å². The van der Waals surface area contributed by atoms with Gasteiger partial charge in [0.15, 0.2) is 12.7 Å². The molecule has 1 aromatic heterocycles. The van der Waals surface area contributed by atoms with Gasteiger partial charge in [-0.3, -0.25) is 9.69 Å². The number of carbonyl (C=O) groups excluding carboxylic acids is 3. The van der Waals surface area contributed by atoms with E-state index in [1.807, 2.05) is 25.3 Å².